The van der Waals surface area contributed by atoms with Gasteiger partial charge in [-0.2, -0.15) is 4.31 Å². The maximum absolute atomic E-state index is 14.3. The zero-order chi connectivity index (χ0) is 21.7. The average molecular weight is 436 g/mol. The Labute approximate surface area is 173 Å². The molecule has 2 aromatic rings. The predicted octanol–water partition coefficient (Wildman–Crippen LogP) is 1.56. The highest BCUT2D eigenvalue weighted by atomic mass is 32.2. The zero-order valence-electron chi connectivity index (χ0n) is 16.3. The van der Waals surface area contributed by atoms with E-state index in [0.29, 0.717) is 5.56 Å². The third-order valence-electron chi connectivity index (χ3n) is 4.61. The molecule has 1 aliphatic heterocycles. The third-order valence-corrected chi connectivity index (χ3v) is 6.52. The molecule has 0 atom stereocenters. The minimum atomic E-state index is -4.08. The Kier molecular flexibility index (Phi) is 6.80. The van der Waals surface area contributed by atoms with Gasteiger partial charge >= 0.3 is 5.97 Å². The SMILES string of the molecule is COC(=O)c1ccc(CNC(=O)c2ccc(F)c(S(=O)(=O)N3CCOCC3)c2)cc1. The number of hydrogen-bond donors (Lipinski definition) is 1. The van der Waals surface area contributed by atoms with Crippen molar-refractivity contribution in [1.29, 1.82) is 0 Å². The zero-order valence-corrected chi connectivity index (χ0v) is 17.1. The summed E-state index contributed by atoms with van der Waals surface area (Å²) in [5, 5.41) is 2.65. The lowest BCUT2D eigenvalue weighted by molar-refractivity contribution is 0.0600. The van der Waals surface area contributed by atoms with Gasteiger partial charge in [-0.15, -0.1) is 0 Å². The third kappa shape index (κ3) is 4.84. The number of hydrogen-bond acceptors (Lipinski definition) is 6. The number of amides is 1. The van der Waals surface area contributed by atoms with Crippen LogP contribution in [0.4, 0.5) is 4.39 Å². The highest BCUT2D eigenvalue weighted by Crippen LogP contribution is 2.22. The van der Waals surface area contributed by atoms with E-state index in [0.717, 1.165) is 22.0 Å². The summed E-state index contributed by atoms with van der Waals surface area (Å²) in [7, 11) is -2.79. The molecule has 10 heteroatoms. The lowest BCUT2D eigenvalue weighted by Crippen LogP contribution is -2.41. The Morgan fingerprint density at radius 1 is 1.10 bits per heavy atom. The Morgan fingerprint density at radius 2 is 1.73 bits per heavy atom. The molecule has 30 heavy (non-hydrogen) atoms. The molecule has 0 aromatic heterocycles. The number of ether oxygens (including phenoxy) is 2. The van der Waals surface area contributed by atoms with Crippen molar-refractivity contribution < 1.29 is 31.9 Å². The van der Waals surface area contributed by atoms with E-state index < -0.39 is 32.6 Å². The normalized spacial score (nSPS) is 14.9. The van der Waals surface area contributed by atoms with Gasteiger partial charge in [-0.25, -0.2) is 17.6 Å². The molecule has 0 spiro atoms. The first kappa shape index (κ1) is 21.9. The molecule has 1 amide bonds. The van der Waals surface area contributed by atoms with Crippen LogP contribution in [0.3, 0.4) is 0 Å². The summed E-state index contributed by atoms with van der Waals surface area (Å²) in [5.41, 5.74) is 1.12. The van der Waals surface area contributed by atoms with Crippen molar-refractivity contribution in [3.63, 3.8) is 0 Å². The number of nitrogens with one attached hydrogen (secondary N) is 1. The number of morpholine rings is 1. The number of carbonyl (C=O) groups excluding carboxylic acids is 2. The molecule has 160 valence electrons. The van der Waals surface area contributed by atoms with Gasteiger partial charge in [-0.1, -0.05) is 12.1 Å². The number of esters is 1. The number of sulfonamides is 1. The molecule has 2 aromatic carbocycles. The smallest absolute Gasteiger partial charge is 0.337 e. The van der Waals surface area contributed by atoms with Gasteiger partial charge in [0.1, 0.15) is 10.7 Å². The van der Waals surface area contributed by atoms with Gasteiger partial charge in [-0.05, 0) is 35.9 Å². The molecule has 1 N–H and O–H groups in total. The van der Waals surface area contributed by atoms with E-state index in [-0.39, 0.29) is 38.4 Å². The fourth-order valence-corrected chi connectivity index (χ4v) is 4.43. The summed E-state index contributed by atoms with van der Waals surface area (Å²) >= 11 is 0. The molecule has 1 aliphatic rings. The number of carbonyl (C=O) groups is 2. The highest BCUT2D eigenvalue weighted by Gasteiger charge is 2.29. The monoisotopic (exact) mass is 436 g/mol. The second kappa shape index (κ2) is 9.33. The predicted molar refractivity (Wildman–Crippen MR) is 105 cm³/mol. The Balaban J connectivity index is 1.72. The molecular weight excluding hydrogens is 415 g/mol. The second-order valence-electron chi connectivity index (χ2n) is 6.53. The van der Waals surface area contributed by atoms with Gasteiger partial charge in [0, 0.05) is 25.2 Å². The maximum atomic E-state index is 14.3. The summed E-state index contributed by atoms with van der Waals surface area (Å²) in [6.45, 7) is 0.855. The van der Waals surface area contributed by atoms with Crippen molar-refractivity contribution in [3.8, 4) is 0 Å². The first-order valence-corrected chi connectivity index (χ1v) is 10.6. The molecule has 0 bridgehead atoms. The molecular formula is C20H21FN2O6S. The van der Waals surface area contributed by atoms with Crippen molar-refractivity contribution in [2.45, 2.75) is 11.4 Å². The van der Waals surface area contributed by atoms with Gasteiger partial charge in [0.05, 0.1) is 25.9 Å². The van der Waals surface area contributed by atoms with E-state index in [9.17, 15) is 22.4 Å². The van der Waals surface area contributed by atoms with Gasteiger partial charge in [0.25, 0.3) is 5.91 Å². The quantitative estimate of drug-likeness (QED) is 0.690. The van der Waals surface area contributed by atoms with Crippen LogP contribution in [0.25, 0.3) is 0 Å². The van der Waals surface area contributed by atoms with Gasteiger partial charge in [0.15, 0.2) is 0 Å². The largest absolute Gasteiger partial charge is 0.465 e. The van der Waals surface area contributed by atoms with E-state index in [1.54, 1.807) is 24.3 Å². The van der Waals surface area contributed by atoms with Crippen molar-refractivity contribution in [1.82, 2.24) is 9.62 Å². The topological polar surface area (TPSA) is 102 Å². The van der Waals surface area contributed by atoms with Crippen LogP contribution in [0, 0.1) is 5.82 Å². The van der Waals surface area contributed by atoms with Crippen molar-refractivity contribution in [2.24, 2.45) is 0 Å². The van der Waals surface area contributed by atoms with Crippen LogP contribution in [0.5, 0.6) is 0 Å². The van der Waals surface area contributed by atoms with Gasteiger partial charge < -0.3 is 14.8 Å². The second-order valence-corrected chi connectivity index (χ2v) is 8.44. The summed E-state index contributed by atoms with van der Waals surface area (Å²) < 4.78 is 50.6. The average Bonchev–Trinajstić information content (AvgIpc) is 2.78. The number of halogens is 1. The number of benzene rings is 2. The molecule has 1 saturated heterocycles. The summed E-state index contributed by atoms with van der Waals surface area (Å²) in [4.78, 5) is 23.4. The van der Waals surface area contributed by atoms with E-state index in [1.807, 2.05) is 0 Å². The molecule has 0 radical (unpaired) electrons. The highest BCUT2D eigenvalue weighted by molar-refractivity contribution is 7.89. The van der Waals surface area contributed by atoms with Crippen molar-refractivity contribution in [3.05, 3.63) is 65.0 Å². The van der Waals surface area contributed by atoms with Crippen LogP contribution in [0.1, 0.15) is 26.3 Å². The first-order valence-electron chi connectivity index (χ1n) is 9.16. The summed E-state index contributed by atoms with van der Waals surface area (Å²) in [6.07, 6.45) is 0. The molecule has 8 nitrogen and oxygen atoms in total. The molecule has 3 rings (SSSR count). The molecule has 1 fully saturated rings. The fourth-order valence-electron chi connectivity index (χ4n) is 2.93. The number of methoxy groups -OCH3 is 1. The van der Waals surface area contributed by atoms with E-state index in [4.69, 9.17) is 4.74 Å². The van der Waals surface area contributed by atoms with Crippen LogP contribution >= 0.6 is 0 Å². The summed E-state index contributed by atoms with van der Waals surface area (Å²) in [6, 6.07) is 9.68. The Bertz CT molecular complexity index is 1030. The number of rotatable bonds is 6. The van der Waals surface area contributed by atoms with Crippen molar-refractivity contribution >= 4 is 21.9 Å². The lowest BCUT2D eigenvalue weighted by Gasteiger charge is -2.26. The van der Waals surface area contributed by atoms with Gasteiger partial charge in [-0.3, -0.25) is 4.79 Å². The fraction of sp³-hybridized carbons (Fsp3) is 0.300. The van der Waals surface area contributed by atoms with Crippen LogP contribution < -0.4 is 5.32 Å². The minimum Gasteiger partial charge on any atom is -0.465 e. The molecule has 0 unspecified atom stereocenters. The maximum Gasteiger partial charge on any atom is 0.337 e. The van der Waals surface area contributed by atoms with Gasteiger partial charge in [0.2, 0.25) is 10.0 Å². The minimum absolute atomic E-state index is 0.0226. The van der Waals surface area contributed by atoms with E-state index in [2.05, 4.69) is 10.1 Å². The standard InChI is InChI=1S/C20H21FN2O6S/c1-28-20(25)15-4-2-14(3-5-15)13-22-19(24)16-6-7-17(21)18(12-16)30(26,27)23-8-10-29-11-9-23/h2-7,12H,8-11,13H2,1H3,(H,22,24). The first-order chi connectivity index (χ1) is 14.3. The Hall–Kier alpha value is -2.82. The van der Waals surface area contributed by atoms with E-state index in [1.165, 1.54) is 13.2 Å². The molecule has 1 heterocycles. The lowest BCUT2D eigenvalue weighted by atomic mass is 10.1. The van der Waals surface area contributed by atoms with Crippen LogP contribution in [0.15, 0.2) is 47.4 Å². The summed E-state index contributed by atoms with van der Waals surface area (Å²) in [5.74, 6) is -1.94. The Morgan fingerprint density at radius 3 is 2.37 bits per heavy atom. The number of nitrogens with zero attached hydrogens (tertiary/aromatic N) is 1. The molecule has 0 saturated carbocycles. The van der Waals surface area contributed by atoms with Crippen LogP contribution in [-0.2, 0) is 26.0 Å². The van der Waals surface area contributed by atoms with Crippen molar-refractivity contribution in [2.75, 3.05) is 33.4 Å². The van der Waals surface area contributed by atoms with Crippen LogP contribution in [-0.4, -0.2) is 58.0 Å². The van der Waals surface area contributed by atoms with E-state index >= 15 is 0 Å². The molecule has 0 aliphatic carbocycles. The van der Waals surface area contributed by atoms with Crippen LogP contribution in [0.2, 0.25) is 0 Å².